The first-order valence-electron chi connectivity index (χ1n) is 9.07. The summed E-state index contributed by atoms with van der Waals surface area (Å²) in [7, 11) is 0. The molecule has 0 radical (unpaired) electrons. The fourth-order valence-electron chi connectivity index (χ4n) is 2.56. The normalized spacial score (nSPS) is 10.2. The van der Waals surface area contributed by atoms with Crippen LogP contribution in [0.15, 0.2) is 48.5 Å². The highest BCUT2D eigenvalue weighted by atomic mass is 35.5. The molecule has 5 heteroatoms. The number of hydrogen-bond acceptors (Lipinski definition) is 4. The van der Waals surface area contributed by atoms with E-state index in [2.05, 4.69) is 23.5 Å². The van der Waals surface area contributed by atoms with Crippen molar-refractivity contribution in [2.24, 2.45) is 0 Å². The third-order valence-corrected chi connectivity index (χ3v) is 3.89. The Hall–Kier alpha value is -1.75. The predicted octanol–water partition coefficient (Wildman–Crippen LogP) is 4.34. The molecule has 2 aromatic carbocycles. The molecule has 26 heavy (non-hydrogen) atoms. The van der Waals surface area contributed by atoms with Crippen molar-refractivity contribution in [3.05, 3.63) is 59.7 Å². The molecule has 0 atom stereocenters. The molecule has 0 aliphatic rings. The first kappa shape index (κ1) is 22.3. The first-order chi connectivity index (χ1) is 12.3. The first-order valence-corrected chi connectivity index (χ1v) is 9.07. The SMILES string of the molecule is CCOc1cc(CNCCCCCO)ccc1OCc1ccccc1.Cl. The Labute approximate surface area is 162 Å². The molecular weight excluding hydrogens is 350 g/mol. The van der Waals surface area contributed by atoms with Gasteiger partial charge in [-0.05, 0) is 56.0 Å². The molecule has 4 nitrogen and oxygen atoms in total. The Bertz CT molecular complexity index is 607. The summed E-state index contributed by atoms with van der Waals surface area (Å²) in [5.41, 5.74) is 2.32. The van der Waals surface area contributed by atoms with Crippen molar-refractivity contribution in [3.63, 3.8) is 0 Å². The van der Waals surface area contributed by atoms with Crippen LogP contribution in [0, 0.1) is 0 Å². The molecule has 0 saturated carbocycles. The van der Waals surface area contributed by atoms with E-state index >= 15 is 0 Å². The van der Waals surface area contributed by atoms with Gasteiger partial charge in [0.1, 0.15) is 6.61 Å². The van der Waals surface area contributed by atoms with E-state index in [9.17, 15) is 0 Å². The number of hydrogen-bond donors (Lipinski definition) is 2. The smallest absolute Gasteiger partial charge is 0.161 e. The van der Waals surface area contributed by atoms with Crippen molar-refractivity contribution < 1.29 is 14.6 Å². The zero-order valence-corrected chi connectivity index (χ0v) is 16.3. The van der Waals surface area contributed by atoms with Crippen molar-refractivity contribution in [1.82, 2.24) is 5.32 Å². The Balaban J connectivity index is 0.00000338. The van der Waals surface area contributed by atoms with Gasteiger partial charge in [-0.15, -0.1) is 12.4 Å². The fraction of sp³-hybridized carbons (Fsp3) is 0.429. The molecule has 0 fully saturated rings. The maximum Gasteiger partial charge on any atom is 0.161 e. The number of benzene rings is 2. The van der Waals surface area contributed by atoms with Gasteiger partial charge < -0.3 is 19.9 Å². The average molecular weight is 380 g/mol. The van der Waals surface area contributed by atoms with Gasteiger partial charge in [0.05, 0.1) is 6.61 Å². The number of nitrogens with one attached hydrogen (secondary N) is 1. The number of rotatable bonds is 12. The van der Waals surface area contributed by atoms with E-state index in [1.54, 1.807) is 0 Å². The van der Waals surface area contributed by atoms with Gasteiger partial charge >= 0.3 is 0 Å². The lowest BCUT2D eigenvalue weighted by molar-refractivity contribution is 0.269. The highest BCUT2D eigenvalue weighted by Crippen LogP contribution is 2.29. The maximum atomic E-state index is 8.78. The van der Waals surface area contributed by atoms with Crippen molar-refractivity contribution in [1.29, 1.82) is 0 Å². The van der Waals surface area contributed by atoms with Crippen LogP contribution in [-0.4, -0.2) is 24.9 Å². The molecule has 0 heterocycles. The number of aliphatic hydroxyl groups is 1. The highest BCUT2D eigenvalue weighted by molar-refractivity contribution is 5.85. The van der Waals surface area contributed by atoms with Gasteiger partial charge in [-0.2, -0.15) is 0 Å². The van der Waals surface area contributed by atoms with E-state index in [-0.39, 0.29) is 19.0 Å². The van der Waals surface area contributed by atoms with Crippen LogP contribution in [-0.2, 0) is 13.2 Å². The van der Waals surface area contributed by atoms with E-state index in [1.807, 2.05) is 37.3 Å². The van der Waals surface area contributed by atoms with Crippen LogP contribution in [0.5, 0.6) is 11.5 Å². The molecule has 0 aliphatic heterocycles. The molecule has 2 aromatic rings. The summed E-state index contributed by atoms with van der Waals surface area (Å²) in [5, 5.41) is 12.2. The van der Waals surface area contributed by atoms with Crippen LogP contribution < -0.4 is 14.8 Å². The summed E-state index contributed by atoms with van der Waals surface area (Å²) in [5.74, 6) is 1.57. The topological polar surface area (TPSA) is 50.7 Å². The number of halogens is 1. The van der Waals surface area contributed by atoms with Crippen LogP contribution >= 0.6 is 12.4 Å². The summed E-state index contributed by atoms with van der Waals surface area (Å²) in [6, 6.07) is 16.2. The van der Waals surface area contributed by atoms with Gasteiger partial charge in [0.15, 0.2) is 11.5 Å². The van der Waals surface area contributed by atoms with E-state index in [1.165, 1.54) is 5.56 Å². The van der Waals surface area contributed by atoms with Crippen molar-refractivity contribution in [2.75, 3.05) is 19.8 Å². The quantitative estimate of drug-likeness (QED) is 0.539. The van der Waals surface area contributed by atoms with E-state index in [0.717, 1.165) is 49.4 Å². The van der Waals surface area contributed by atoms with E-state index in [4.69, 9.17) is 14.6 Å². The molecule has 144 valence electrons. The van der Waals surface area contributed by atoms with Crippen molar-refractivity contribution in [2.45, 2.75) is 39.3 Å². The number of ether oxygens (including phenoxy) is 2. The lowest BCUT2D eigenvalue weighted by Crippen LogP contribution is -2.15. The predicted molar refractivity (Wildman–Crippen MR) is 108 cm³/mol. The molecular formula is C21H30ClNO3. The molecule has 0 aliphatic carbocycles. The minimum absolute atomic E-state index is 0. The lowest BCUT2D eigenvalue weighted by Gasteiger charge is -2.14. The third kappa shape index (κ3) is 8.09. The molecule has 0 amide bonds. The molecule has 2 rings (SSSR count). The minimum atomic E-state index is 0. The number of aliphatic hydroxyl groups excluding tert-OH is 1. The molecule has 0 saturated heterocycles. The van der Waals surface area contributed by atoms with Gasteiger partial charge in [-0.3, -0.25) is 0 Å². The molecule has 2 N–H and O–H groups in total. The van der Waals surface area contributed by atoms with Crippen LogP contribution in [0.3, 0.4) is 0 Å². The van der Waals surface area contributed by atoms with Crippen molar-refractivity contribution >= 4 is 12.4 Å². The Kier molecular flexibility index (Phi) is 11.5. The van der Waals surface area contributed by atoms with Crippen LogP contribution in [0.25, 0.3) is 0 Å². The third-order valence-electron chi connectivity index (χ3n) is 3.89. The Morgan fingerprint density at radius 3 is 2.42 bits per heavy atom. The summed E-state index contributed by atoms with van der Waals surface area (Å²) in [4.78, 5) is 0. The maximum absolute atomic E-state index is 8.78. The lowest BCUT2D eigenvalue weighted by atomic mass is 10.2. The Morgan fingerprint density at radius 1 is 0.885 bits per heavy atom. The van der Waals surface area contributed by atoms with E-state index in [0.29, 0.717) is 13.2 Å². The largest absolute Gasteiger partial charge is 0.490 e. The summed E-state index contributed by atoms with van der Waals surface area (Å²) >= 11 is 0. The number of unbranched alkanes of at least 4 members (excludes halogenated alkanes) is 2. The average Bonchev–Trinajstić information content (AvgIpc) is 2.65. The highest BCUT2D eigenvalue weighted by Gasteiger charge is 2.07. The van der Waals surface area contributed by atoms with Gasteiger partial charge in [0.2, 0.25) is 0 Å². The molecule has 0 aromatic heterocycles. The van der Waals surface area contributed by atoms with Crippen molar-refractivity contribution in [3.8, 4) is 11.5 Å². The monoisotopic (exact) mass is 379 g/mol. The second-order valence-corrected chi connectivity index (χ2v) is 5.95. The zero-order valence-electron chi connectivity index (χ0n) is 15.4. The fourth-order valence-corrected chi connectivity index (χ4v) is 2.56. The summed E-state index contributed by atoms with van der Waals surface area (Å²) < 4.78 is 11.7. The van der Waals surface area contributed by atoms with Crippen LogP contribution in [0.1, 0.15) is 37.3 Å². The van der Waals surface area contributed by atoms with Crippen LogP contribution in [0.4, 0.5) is 0 Å². The summed E-state index contributed by atoms with van der Waals surface area (Å²) in [6.07, 6.45) is 3.01. The second kappa shape index (κ2) is 13.5. The van der Waals surface area contributed by atoms with E-state index < -0.39 is 0 Å². The van der Waals surface area contributed by atoms with Gasteiger partial charge in [0, 0.05) is 13.2 Å². The molecule has 0 spiro atoms. The zero-order chi connectivity index (χ0) is 17.7. The second-order valence-electron chi connectivity index (χ2n) is 5.95. The van der Waals surface area contributed by atoms with Gasteiger partial charge in [0.25, 0.3) is 0 Å². The minimum Gasteiger partial charge on any atom is -0.490 e. The molecule has 0 unspecified atom stereocenters. The standard InChI is InChI=1S/C21H29NO3.ClH/c1-2-24-21-15-19(16-22-13-7-4-8-14-23)11-12-20(21)25-17-18-9-5-3-6-10-18;/h3,5-6,9-12,15,22-23H,2,4,7-8,13-14,16-17H2,1H3;1H. The Morgan fingerprint density at radius 2 is 1.69 bits per heavy atom. The summed E-state index contributed by atoms with van der Waals surface area (Å²) in [6.45, 7) is 5.16. The molecule has 0 bridgehead atoms. The van der Waals surface area contributed by atoms with Gasteiger partial charge in [-0.1, -0.05) is 36.4 Å². The van der Waals surface area contributed by atoms with Crippen LogP contribution in [0.2, 0.25) is 0 Å². The van der Waals surface area contributed by atoms with Gasteiger partial charge in [-0.25, -0.2) is 0 Å².